The monoisotopic (exact) mass is 271 g/mol. The molecule has 0 bridgehead atoms. The minimum atomic E-state index is -0.334. The summed E-state index contributed by atoms with van der Waals surface area (Å²) >= 11 is 0. The number of carbonyl (C=O) groups excluding carboxylic acids is 1. The Balaban J connectivity index is 1.94. The summed E-state index contributed by atoms with van der Waals surface area (Å²) in [6.45, 7) is 0.378. The van der Waals surface area contributed by atoms with Crippen molar-refractivity contribution >= 4 is 17.4 Å². The van der Waals surface area contributed by atoms with Crippen LogP contribution in [-0.4, -0.2) is 10.9 Å². The molecule has 2 N–H and O–H groups in total. The highest BCUT2D eigenvalue weighted by atomic mass is 19.1. The molecule has 2 heterocycles. The number of nitrogen functional groups attached to an aromatic ring is 1. The molecular formula is C15H14FN3O. The molecule has 0 saturated carbocycles. The van der Waals surface area contributed by atoms with Gasteiger partial charge in [0.05, 0.1) is 12.2 Å². The summed E-state index contributed by atoms with van der Waals surface area (Å²) in [5, 5.41) is 0. The number of fused-ring (bicyclic) bond motifs is 1. The van der Waals surface area contributed by atoms with Crippen molar-refractivity contribution in [1.29, 1.82) is 0 Å². The van der Waals surface area contributed by atoms with Crippen molar-refractivity contribution in [2.75, 3.05) is 10.6 Å². The minimum Gasteiger partial charge on any atom is -0.384 e. The van der Waals surface area contributed by atoms with Crippen molar-refractivity contribution in [1.82, 2.24) is 4.98 Å². The SMILES string of the molecule is Nc1ccc(CN2C(=O)CCc3ccc(F)cc32)cn1. The molecule has 0 radical (unpaired) electrons. The average molecular weight is 271 g/mol. The van der Waals surface area contributed by atoms with E-state index in [1.54, 1.807) is 23.2 Å². The zero-order chi connectivity index (χ0) is 14.1. The van der Waals surface area contributed by atoms with Gasteiger partial charge in [-0.1, -0.05) is 12.1 Å². The summed E-state index contributed by atoms with van der Waals surface area (Å²) in [4.78, 5) is 17.7. The van der Waals surface area contributed by atoms with Crippen LogP contribution in [0.3, 0.4) is 0 Å². The van der Waals surface area contributed by atoms with Gasteiger partial charge in [-0.3, -0.25) is 4.79 Å². The minimum absolute atomic E-state index is 0.0000694. The Hall–Kier alpha value is -2.43. The van der Waals surface area contributed by atoms with Crippen molar-refractivity contribution in [3.63, 3.8) is 0 Å². The lowest BCUT2D eigenvalue weighted by molar-refractivity contribution is -0.119. The standard InChI is InChI=1S/C15H14FN3O/c16-12-4-2-11-3-6-15(20)19(13(11)7-12)9-10-1-5-14(17)18-8-10/h1-2,4-5,7-8H,3,6,9H2,(H2,17,18). The molecule has 0 unspecified atom stereocenters. The number of amides is 1. The van der Waals surface area contributed by atoms with Crippen LogP contribution in [0.4, 0.5) is 15.9 Å². The summed E-state index contributed by atoms with van der Waals surface area (Å²) in [7, 11) is 0. The van der Waals surface area contributed by atoms with Gasteiger partial charge < -0.3 is 10.6 Å². The fourth-order valence-electron chi connectivity index (χ4n) is 2.40. The number of nitrogens with two attached hydrogens (primary N) is 1. The number of nitrogens with zero attached hydrogens (tertiary/aromatic N) is 2. The number of rotatable bonds is 2. The topological polar surface area (TPSA) is 59.2 Å². The van der Waals surface area contributed by atoms with Gasteiger partial charge in [-0.2, -0.15) is 0 Å². The molecule has 0 spiro atoms. The van der Waals surface area contributed by atoms with E-state index in [0.29, 0.717) is 30.9 Å². The Labute approximate surface area is 116 Å². The molecule has 1 aliphatic heterocycles. The van der Waals surface area contributed by atoms with Gasteiger partial charge >= 0.3 is 0 Å². The Morgan fingerprint density at radius 1 is 1.25 bits per heavy atom. The first-order valence-corrected chi connectivity index (χ1v) is 6.43. The van der Waals surface area contributed by atoms with E-state index in [1.807, 2.05) is 6.07 Å². The maximum absolute atomic E-state index is 13.4. The van der Waals surface area contributed by atoms with Crippen molar-refractivity contribution in [3.8, 4) is 0 Å². The smallest absolute Gasteiger partial charge is 0.227 e. The number of anilines is 2. The molecule has 4 nitrogen and oxygen atoms in total. The number of aromatic nitrogens is 1. The van der Waals surface area contributed by atoms with Crippen molar-refractivity contribution in [2.45, 2.75) is 19.4 Å². The van der Waals surface area contributed by atoms with Crippen LogP contribution in [0, 0.1) is 5.82 Å². The molecule has 2 aromatic rings. The largest absolute Gasteiger partial charge is 0.384 e. The van der Waals surface area contributed by atoms with Gasteiger partial charge in [0.1, 0.15) is 11.6 Å². The second-order valence-corrected chi connectivity index (χ2v) is 4.84. The molecule has 0 saturated heterocycles. The first-order chi connectivity index (χ1) is 9.63. The molecule has 5 heteroatoms. The molecule has 0 atom stereocenters. The quantitative estimate of drug-likeness (QED) is 0.911. The number of aryl methyl sites for hydroxylation is 1. The number of hydrogen-bond donors (Lipinski definition) is 1. The van der Waals surface area contributed by atoms with Crippen LogP contribution < -0.4 is 10.6 Å². The number of benzene rings is 1. The normalized spacial score (nSPS) is 14.2. The van der Waals surface area contributed by atoms with E-state index in [1.165, 1.54) is 12.1 Å². The van der Waals surface area contributed by atoms with Crippen molar-refractivity contribution in [3.05, 3.63) is 53.5 Å². The summed E-state index contributed by atoms with van der Waals surface area (Å²) in [6, 6.07) is 8.10. The molecule has 102 valence electrons. The Bertz CT molecular complexity index is 655. The highest BCUT2D eigenvalue weighted by Gasteiger charge is 2.24. The fraction of sp³-hybridized carbons (Fsp3) is 0.200. The third kappa shape index (κ3) is 2.34. The van der Waals surface area contributed by atoms with Crippen LogP contribution in [0.15, 0.2) is 36.5 Å². The maximum Gasteiger partial charge on any atom is 0.227 e. The molecule has 0 aliphatic carbocycles. The van der Waals surface area contributed by atoms with Gasteiger partial charge in [0, 0.05) is 12.6 Å². The van der Waals surface area contributed by atoms with Crippen LogP contribution in [0.2, 0.25) is 0 Å². The van der Waals surface area contributed by atoms with E-state index in [4.69, 9.17) is 5.73 Å². The Morgan fingerprint density at radius 2 is 2.10 bits per heavy atom. The molecular weight excluding hydrogens is 257 g/mol. The van der Waals surface area contributed by atoms with E-state index < -0.39 is 0 Å². The number of carbonyl (C=O) groups is 1. The number of pyridine rings is 1. The molecule has 3 rings (SSSR count). The summed E-state index contributed by atoms with van der Waals surface area (Å²) in [5.74, 6) is 0.101. The highest BCUT2D eigenvalue weighted by Crippen LogP contribution is 2.29. The molecule has 1 amide bonds. The first kappa shape index (κ1) is 12.6. The molecule has 1 aromatic carbocycles. The van der Waals surface area contributed by atoms with Crippen LogP contribution in [0.5, 0.6) is 0 Å². The lowest BCUT2D eigenvalue weighted by Gasteiger charge is -2.29. The van der Waals surface area contributed by atoms with Gasteiger partial charge in [-0.15, -0.1) is 0 Å². The van der Waals surface area contributed by atoms with Crippen LogP contribution in [-0.2, 0) is 17.8 Å². The van der Waals surface area contributed by atoms with Crippen LogP contribution in [0.25, 0.3) is 0 Å². The number of halogens is 1. The van der Waals surface area contributed by atoms with Crippen LogP contribution >= 0.6 is 0 Å². The predicted octanol–water partition coefficient (Wildman–Crippen LogP) is 2.28. The lowest BCUT2D eigenvalue weighted by Crippen LogP contribution is -2.34. The molecule has 20 heavy (non-hydrogen) atoms. The zero-order valence-electron chi connectivity index (χ0n) is 10.8. The van der Waals surface area contributed by atoms with E-state index >= 15 is 0 Å². The second-order valence-electron chi connectivity index (χ2n) is 4.84. The molecule has 1 aliphatic rings. The predicted molar refractivity (Wildman–Crippen MR) is 74.6 cm³/mol. The Morgan fingerprint density at radius 3 is 2.85 bits per heavy atom. The zero-order valence-corrected chi connectivity index (χ0v) is 10.8. The van der Waals surface area contributed by atoms with E-state index in [0.717, 1.165) is 11.1 Å². The third-order valence-corrected chi connectivity index (χ3v) is 3.44. The van der Waals surface area contributed by atoms with Crippen LogP contribution in [0.1, 0.15) is 17.5 Å². The second kappa shape index (κ2) is 4.92. The van der Waals surface area contributed by atoms with Gasteiger partial charge in [0.25, 0.3) is 0 Å². The first-order valence-electron chi connectivity index (χ1n) is 6.43. The van der Waals surface area contributed by atoms with E-state index in [2.05, 4.69) is 4.98 Å². The van der Waals surface area contributed by atoms with Gasteiger partial charge in [0.2, 0.25) is 5.91 Å². The van der Waals surface area contributed by atoms with E-state index in [9.17, 15) is 9.18 Å². The Kier molecular flexibility index (Phi) is 3.10. The van der Waals surface area contributed by atoms with Crippen molar-refractivity contribution < 1.29 is 9.18 Å². The molecule has 0 fully saturated rings. The average Bonchev–Trinajstić information content (AvgIpc) is 2.44. The number of hydrogen-bond acceptors (Lipinski definition) is 3. The van der Waals surface area contributed by atoms with Gasteiger partial charge in [-0.25, -0.2) is 9.37 Å². The third-order valence-electron chi connectivity index (χ3n) is 3.44. The van der Waals surface area contributed by atoms with Crippen molar-refractivity contribution in [2.24, 2.45) is 0 Å². The molecule has 1 aromatic heterocycles. The van der Waals surface area contributed by atoms with Gasteiger partial charge in [0.15, 0.2) is 0 Å². The summed E-state index contributed by atoms with van der Waals surface area (Å²) < 4.78 is 13.4. The van der Waals surface area contributed by atoms with Gasteiger partial charge in [-0.05, 0) is 35.7 Å². The maximum atomic E-state index is 13.4. The summed E-state index contributed by atoms with van der Waals surface area (Å²) in [6.07, 6.45) is 2.74. The fourth-order valence-corrected chi connectivity index (χ4v) is 2.40. The lowest BCUT2D eigenvalue weighted by atomic mass is 10.0. The van der Waals surface area contributed by atoms with E-state index in [-0.39, 0.29) is 11.7 Å². The summed E-state index contributed by atoms with van der Waals surface area (Å²) in [5.41, 5.74) is 8.05. The highest BCUT2D eigenvalue weighted by molar-refractivity contribution is 5.96.